The fourth-order valence-electron chi connectivity index (χ4n) is 2.20. The number of aryl methyl sites for hydroxylation is 1. The maximum Gasteiger partial charge on any atom is 0.201 e. The van der Waals surface area contributed by atoms with Crippen molar-refractivity contribution in [2.45, 2.75) is 13.5 Å². The number of nitriles is 1. The first-order valence-corrected chi connectivity index (χ1v) is 6.25. The van der Waals surface area contributed by atoms with Gasteiger partial charge in [-0.05, 0) is 30.7 Å². The van der Waals surface area contributed by atoms with E-state index in [-0.39, 0.29) is 0 Å². The van der Waals surface area contributed by atoms with Crippen molar-refractivity contribution in [1.82, 2.24) is 14.5 Å². The van der Waals surface area contributed by atoms with Crippen molar-refractivity contribution in [1.29, 1.82) is 5.26 Å². The van der Waals surface area contributed by atoms with Gasteiger partial charge in [0, 0.05) is 11.9 Å². The van der Waals surface area contributed by atoms with Gasteiger partial charge in [-0.15, -0.1) is 0 Å². The molecule has 3 aromatic rings. The van der Waals surface area contributed by atoms with Crippen LogP contribution in [0.15, 0.2) is 36.5 Å². The van der Waals surface area contributed by atoms with Crippen molar-refractivity contribution in [3.8, 4) is 6.07 Å². The van der Waals surface area contributed by atoms with E-state index < -0.39 is 0 Å². The minimum atomic E-state index is 0.406. The Labute approximate surface area is 116 Å². The molecule has 0 amide bonds. The number of nitrogen functional groups attached to an aromatic ring is 1. The predicted molar refractivity (Wildman–Crippen MR) is 76.9 cm³/mol. The third-order valence-electron chi connectivity index (χ3n) is 3.24. The second-order valence-electron chi connectivity index (χ2n) is 4.65. The molecule has 0 unspecified atom stereocenters. The summed E-state index contributed by atoms with van der Waals surface area (Å²) in [4.78, 5) is 8.57. The SMILES string of the molecule is Cc1ccc(Cn2c(N)nc3c(C#N)cccc32)cn1. The topological polar surface area (TPSA) is 80.5 Å². The van der Waals surface area contributed by atoms with Gasteiger partial charge in [-0.25, -0.2) is 4.98 Å². The van der Waals surface area contributed by atoms with E-state index in [2.05, 4.69) is 16.0 Å². The van der Waals surface area contributed by atoms with Gasteiger partial charge in [0.05, 0.1) is 17.6 Å². The average Bonchev–Trinajstić information content (AvgIpc) is 2.77. The van der Waals surface area contributed by atoms with E-state index in [1.54, 1.807) is 6.07 Å². The van der Waals surface area contributed by atoms with E-state index in [0.29, 0.717) is 23.6 Å². The third-order valence-corrected chi connectivity index (χ3v) is 3.24. The summed E-state index contributed by atoms with van der Waals surface area (Å²) in [6.45, 7) is 2.54. The molecular formula is C15H13N5. The number of pyridine rings is 1. The number of aromatic nitrogens is 3. The molecule has 0 aliphatic carbocycles. The summed E-state index contributed by atoms with van der Waals surface area (Å²) >= 11 is 0. The lowest BCUT2D eigenvalue weighted by atomic mass is 10.2. The van der Waals surface area contributed by atoms with Crippen molar-refractivity contribution in [2.75, 3.05) is 5.73 Å². The number of imidazole rings is 1. The molecule has 5 heteroatoms. The van der Waals surface area contributed by atoms with Crippen LogP contribution < -0.4 is 5.73 Å². The first-order valence-electron chi connectivity index (χ1n) is 6.25. The van der Waals surface area contributed by atoms with Crippen LogP contribution in [0.3, 0.4) is 0 Å². The number of anilines is 1. The van der Waals surface area contributed by atoms with Gasteiger partial charge in [-0.2, -0.15) is 5.26 Å². The highest BCUT2D eigenvalue weighted by molar-refractivity contribution is 5.84. The number of benzene rings is 1. The summed E-state index contributed by atoms with van der Waals surface area (Å²) in [5.41, 5.74) is 10.0. The first kappa shape index (κ1) is 12.2. The second kappa shape index (κ2) is 4.67. The molecule has 98 valence electrons. The van der Waals surface area contributed by atoms with E-state index in [4.69, 9.17) is 11.0 Å². The van der Waals surface area contributed by atoms with Crippen LogP contribution in [0, 0.1) is 18.3 Å². The van der Waals surface area contributed by atoms with Crippen LogP contribution in [-0.4, -0.2) is 14.5 Å². The number of nitrogens with zero attached hydrogens (tertiary/aromatic N) is 4. The molecule has 0 spiro atoms. The highest BCUT2D eigenvalue weighted by Gasteiger charge is 2.11. The first-order chi connectivity index (χ1) is 9.69. The van der Waals surface area contributed by atoms with E-state index >= 15 is 0 Å². The van der Waals surface area contributed by atoms with Gasteiger partial charge >= 0.3 is 0 Å². The Morgan fingerprint density at radius 2 is 2.15 bits per heavy atom. The van der Waals surface area contributed by atoms with Gasteiger partial charge in [0.15, 0.2) is 0 Å². The molecule has 0 saturated heterocycles. The summed E-state index contributed by atoms with van der Waals surface area (Å²) in [7, 11) is 0. The Kier molecular flexibility index (Phi) is 2.84. The largest absolute Gasteiger partial charge is 0.369 e. The Hall–Kier alpha value is -2.87. The van der Waals surface area contributed by atoms with Gasteiger partial charge in [0.25, 0.3) is 0 Å². The molecule has 5 nitrogen and oxygen atoms in total. The Bertz CT molecular complexity index is 809. The highest BCUT2D eigenvalue weighted by atomic mass is 15.1. The Morgan fingerprint density at radius 3 is 2.85 bits per heavy atom. The zero-order valence-electron chi connectivity index (χ0n) is 11.0. The molecule has 0 atom stereocenters. The lowest BCUT2D eigenvalue weighted by Gasteiger charge is -2.06. The molecule has 0 saturated carbocycles. The Balaban J connectivity index is 2.10. The van der Waals surface area contributed by atoms with Crippen LogP contribution in [0.5, 0.6) is 0 Å². The lowest BCUT2D eigenvalue weighted by Crippen LogP contribution is -2.04. The minimum Gasteiger partial charge on any atom is -0.369 e. The summed E-state index contributed by atoms with van der Waals surface area (Å²) < 4.78 is 1.89. The summed E-state index contributed by atoms with van der Waals surface area (Å²) in [5.74, 6) is 0.406. The number of fused-ring (bicyclic) bond motifs is 1. The van der Waals surface area contributed by atoms with Crippen molar-refractivity contribution >= 4 is 17.0 Å². The summed E-state index contributed by atoms with van der Waals surface area (Å²) in [5, 5.41) is 9.11. The number of rotatable bonds is 2. The lowest BCUT2D eigenvalue weighted by molar-refractivity contribution is 0.831. The second-order valence-corrected chi connectivity index (χ2v) is 4.65. The normalized spacial score (nSPS) is 10.6. The zero-order valence-corrected chi connectivity index (χ0v) is 11.0. The predicted octanol–water partition coefficient (Wildman–Crippen LogP) is 2.24. The van der Waals surface area contributed by atoms with Gasteiger partial charge in [0.1, 0.15) is 11.6 Å². The van der Waals surface area contributed by atoms with Crippen molar-refractivity contribution < 1.29 is 0 Å². The van der Waals surface area contributed by atoms with Crippen LogP contribution in [-0.2, 0) is 6.54 Å². The van der Waals surface area contributed by atoms with Crippen LogP contribution in [0.2, 0.25) is 0 Å². The number of hydrogen-bond donors (Lipinski definition) is 1. The van der Waals surface area contributed by atoms with Crippen LogP contribution in [0.4, 0.5) is 5.95 Å². The maximum absolute atomic E-state index is 9.11. The molecule has 2 N–H and O–H groups in total. The number of nitrogens with two attached hydrogens (primary N) is 1. The zero-order chi connectivity index (χ0) is 14.1. The van der Waals surface area contributed by atoms with Crippen molar-refractivity contribution in [3.63, 3.8) is 0 Å². The molecule has 3 rings (SSSR count). The van der Waals surface area contributed by atoms with E-state index in [1.165, 1.54) is 0 Å². The van der Waals surface area contributed by atoms with Gasteiger partial charge in [-0.1, -0.05) is 12.1 Å². The molecule has 1 aromatic carbocycles. The summed E-state index contributed by atoms with van der Waals surface area (Å²) in [6, 6.07) is 11.6. The maximum atomic E-state index is 9.11. The van der Waals surface area contributed by atoms with Crippen LogP contribution in [0.1, 0.15) is 16.8 Å². The molecule has 0 aliphatic rings. The molecule has 0 fully saturated rings. The Morgan fingerprint density at radius 1 is 1.30 bits per heavy atom. The molecule has 2 heterocycles. The molecule has 20 heavy (non-hydrogen) atoms. The number of para-hydroxylation sites is 1. The van der Waals surface area contributed by atoms with Crippen molar-refractivity contribution in [3.05, 3.63) is 53.3 Å². The van der Waals surface area contributed by atoms with E-state index in [1.807, 2.05) is 42.0 Å². The van der Waals surface area contributed by atoms with Crippen LogP contribution in [0.25, 0.3) is 11.0 Å². The molecule has 0 radical (unpaired) electrons. The van der Waals surface area contributed by atoms with E-state index in [9.17, 15) is 0 Å². The fraction of sp³-hybridized carbons (Fsp3) is 0.133. The highest BCUT2D eigenvalue weighted by Crippen LogP contribution is 2.22. The third kappa shape index (κ3) is 1.97. The molecular weight excluding hydrogens is 250 g/mol. The van der Waals surface area contributed by atoms with Crippen LogP contribution >= 0.6 is 0 Å². The quantitative estimate of drug-likeness (QED) is 0.768. The van der Waals surface area contributed by atoms with Crippen molar-refractivity contribution in [2.24, 2.45) is 0 Å². The average molecular weight is 263 g/mol. The monoisotopic (exact) mass is 263 g/mol. The molecule has 0 bridgehead atoms. The van der Waals surface area contributed by atoms with Gasteiger partial charge < -0.3 is 10.3 Å². The van der Waals surface area contributed by atoms with Gasteiger partial charge in [-0.3, -0.25) is 4.98 Å². The van der Waals surface area contributed by atoms with E-state index in [0.717, 1.165) is 16.8 Å². The standard InChI is InChI=1S/C15H13N5/c1-10-5-6-11(8-18-10)9-20-13-4-2-3-12(7-16)14(13)19-15(20)17/h2-6,8H,9H2,1H3,(H2,17,19). The number of hydrogen-bond acceptors (Lipinski definition) is 4. The molecule has 2 aromatic heterocycles. The molecule has 0 aliphatic heterocycles. The smallest absolute Gasteiger partial charge is 0.201 e. The van der Waals surface area contributed by atoms with Gasteiger partial charge in [0.2, 0.25) is 5.95 Å². The fourth-order valence-corrected chi connectivity index (χ4v) is 2.20. The summed E-state index contributed by atoms with van der Waals surface area (Å²) in [6.07, 6.45) is 1.83. The minimum absolute atomic E-state index is 0.406.